The smallest absolute Gasteiger partial charge is 0.146 e. The maximum Gasteiger partial charge on any atom is 0.146 e. The fourth-order valence-electron chi connectivity index (χ4n) is 2.47. The summed E-state index contributed by atoms with van der Waals surface area (Å²) >= 11 is 0. The second-order valence-electron chi connectivity index (χ2n) is 5.12. The van der Waals surface area contributed by atoms with E-state index in [0.29, 0.717) is 6.61 Å². The monoisotopic (exact) mass is 281 g/mol. The van der Waals surface area contributed by atoms with Gasteiger partial charge in [0.25, 0.3) is 0 Å². The number of benzene rings is 2. The van der Waals surface area contributed by atoms with E-state index in [0.717, 1.165) is 34.8 Å². The van der Waals surface area contributed by atoms with Crippen molar-refractivity contribution < 1.29 is 9.15 Å². The topological polar surface area (TPSA) is 34.4 Å². The number of hydrogen-bond donors (Lipinski definition) is 1. The van der Waals surface area contributed by atoms with Gasteiger partial charge < -0.3 is 14.5 Å². The van der Waals surface area contributed by atoms with Crippen LogP contribution in [0, 0.1) is 6.92 Å². The van der Waals surface area contributed by atoms with Crippen molar-refractivity contribution in [1.82, 2.24) is 5.32 Å². The average molecular weight is 281 g/mol. The Morgan fingerprint density at radius 3 is 2.76 bits per heavy atom. The first-order valence-electron chi connectivity index (χ1n) is 7.11. The van der Waals surface area contributed by atoms with Crippen molar-refractivity contribution in [1.29, 1.82) is 0 Å². The van der Waals surface area contributed by atoms with Gasteiger partial charge in [0.2, 0.25) is 0 Å². The maximum atomic E-state index is 5.94. The number of fused-ring (bicyclic) bond motifs is 1. The molecule has 0 bridgehead atoms. The molecule has 21 heavy (non-hydrogen) atoms. The highest BCUT2D eigenvalue weighted by molar-refractivity contribution is 5.88. The van der Waals surface area contributed by atoms with Crippen LogP contribution in [0.2, 0.25) is 0 Å². The van der Waals surface area contributed by atoms with Gasteiger partial charge in [-0.15, -0.1) is 0 Å². The lowest BCUT2D eigenvalue weighted by Crippen LogP contribution is -2.04. The van der Waals surface area contributed by atoms with E-state index in [-0.39, 0.29) is 0 Å². The molecule has 1 aromatic heterocycles. The highest BCUT2D eigenvalue weighted by atomic mass is 16.5. The third-order valence-electron chi connectivity index (χ3n) is 3.53. The summed E-state index contributed by atoms with van der Waals surface area (Å²) < 4.78 is 11.7. The van der Waals surface area contributed by atoms with Crippen LogP contribution in [0.1, 0.15) is 17.1 Å². The maximum absolute atomic E-state index is 5.94. The summed E-state index contributed by atoms with van der Waals surface area (Å²) in [6.45, 7) is 3.23. The summed E-state index contributed by atoms with van der Waals surface area (Å²) in [4.78, 5) is 0. The van der Waals surface area contributed by atoms with E-state index < -0.39 is 0 Å². The van der Waals surface area contributed by atoms with Crippen LogP contribution in [0.15, 0.2) is 52.9 Å². The van der Waals surface area contributed by atoms with Crippen LogP contribution in [0.4, 0.5) is 0 Å². The van der Waals surface area contributed by atoms with Crippen molar-refractivity contribution in [2.24, 2.45) is 0 Å². The van der Waals surface area contributed by atoms with Crippen molar-refractivity contribution in [2.75, 3.05) is 7.05 Å². The quantitative estimate of drug-likeness (QED) is 0.766. The Morgan fingerprint density at radius 1 is 1.10 bits per heavy atom. The Balaban J connectivity index is 1.79. The first-order valence-corrected chi connectivity index (χ1v) is 7.11. The summed E-state index contributed by atoms with van der Waals surface area (Å²) in [6, 6.07) is 16.4. The van der Waals surface area contributed by atoms with Crippen LogP contribution in [-0.2, 0) is 13.2 Å². The molecule has 108 valence electrons. The Morgan fingerprint density at radius 2 is 1.90 bits per heavy atom. The number of ether oxygens (including phenoxy) is 1. The predicted octanol–water partition coefficient (Wildman–Crippen LogP) is 4.04. The van der Waals surface area contributed by atoms with Crippen LogP contribution in [-0.4, -0.2) is 7.05 Å². The first-order chi connectivity index (χ1) is 10.3. The predicted molar refractivity (Wildman–Crippen MR) is 84.5 cm³/mol. The van der Waals surface area contributed by atoms with E-state index in [9.17, 15) is 0 Å². The highest BCUT2D eigenvalue weighted by Gasteiger charge is 2.08. The molecule has 3 heteroatoms. The molecule has 0 saturated heterocycles. The largest absolute Gasteiger partial charge is 0.485 e. The lowest BCUT2D eigenvalue weighted by atomic mass is 10.1. The van der Waals surface area contributed by atoms with Gasteiger partial charge in [-0.1, -0.05) is 36.4 Å². The number of hydrogen-bond acceptors (Lipinski definition) is 3. The molecule has 0 aliphatic rings. The molecule has 3 aromatic rings. The van der Waals surface area contributed by atoms with Gasteiger partial charge in [-0.2, -0.15) is 0 Å². The lowest BCUT2D eigenvalue weighted by molar-refractivity contribution is 0.268. The fourth-order valence-corrected chi connectivity index (χ4v) is 2.47. The SMILES string of the molecule is CNCc1oc(COc2cccc3ccccc23)cc1C. The van der Waals surface area contributed by atoms with Gasteiger partial charge in [0.15, 0.2) is 0 Å². The molecule has 0 aliphatic heterocycles. The van der Waals surface area contributed by atoms with E-state index in [1.54, 1.807) is 0 Å². The van der Waals surface area contributed by atoms with Gasteiger partial charge >= 0.3 is 0 Å². The molecule has 3 rings (SSSR count). The standard InChI is InChI=1S/C18H19NO2/c1-13-10-15(21-18(13)11-19-2)12-20-17-9-5-7-14-6-3-4-8-16(14)17/h3-10,19H,11-12H2,1-2H3. The van der Waals surface area contributed by atoms with Crippen LogP contribution in [0.25, 0.3) is 10.8 Å². The Bertz CT molecular complexity index is 741. The van der Waals surface area contributed by atoms with Crippen LogP contribution >= 0.6 is 0 Å². The second-order valence-corrected chi connectivity index (χ2v) is 5.12. The van der Waals surface area contributed by atoms with E-state index >= 15 is 0 Å². The Kier molecular flexibility index (Phi) is 3.93. The lowest BCUT2D eigenvalue weighted by Gasteiger charge is -2.07. The average Bonchev–Trinajstić information content (AvgIpc) is 2.86. The summed E-state index contributed by atoms with van der Waals surface area (Å²) in [6.07, 6.45) is 0. The number of aryl methyl sites for hydroxylation is 1. The fraction of sp³-hybridized carbons (Fsp3) is 0.222. The second kappa shape index (κ2) is 6.02. The zero-order valence-electron chi connectivity index (χ0n) is 12.3. The molecule has 1 N–H and O–H groups in total. The Labute approximate surface area is 124 Å². The number of nitrogens with one attached hydrogen (secondary N) is 1. The van der Waals surface area contributed by atoms with Crippen LogP contribution in [0.3, 0.4) is 0 Å². The third kappa shape index (κ3) is 2.93. The van der Waals surface area contributed by atoms with E-state index in [1.807, 2.05) is 37.4 Å². The van der Waals surface area contributed by atoms with E-state index in [1.165, 1.54) is 5.39 Å². The molecule has 0 saturated carbocycles. The van der Waals surface area contributed by atoms with Crippen LogP contribution in [0.5, 0.6) is 5.75 Å². The van der Waals surface area contributed by atoms with Crippen LogP contribution < -0.4 is 10.1 Å². The van der Waals surface area contributed by atoms with Gasteiger partial charge in [-0.25, -0.2) is 0 Å². The molecule has 0 radical (unpaired) electrons. The molecule has 1 heterocycles. The molecular formula is C18H19NO2. The third-order valence-corrected chi connectivity index (χ3v) is 3.53. The van der Waals surface area contributed by atoms with Crippen molar-refractivity contribution >= 4 is 10.8 Å². The zero-order chi connectivity index (χ0) is 14.7. The normalized spacial score (nSPS) is 11.0. The van der Waals surface area contributed by atoms with Gasteiger partial charge in [-0.05, 0) is 37.1 Å². The molecule has 0 amide bonds. The molecule has 0 aliphatic carbocycles. The minimum atomic E-state index is 0.443. The first kappa shape index (κ1) is 13.7. The van der Waals surface area contributed by atoms with Crippen molar-refractivity contribution in [3.8, 4) is 5.75 Å². The molecule has 0 fully saturated rings. The number of rotatable bonds is 5. The summed E-state index contributed by atoms with van der Waals surface area (Å²) in [5, 5.41) is 5.41. The van der Waals surface area contributed by atoms with Crippen molar-refractivity contribution in [3.05, 3.63) is 65.6 Å². The van der Waals surface area contributed by atoms with Crippen molar-refractivity contribution in [3.63, 3.8) is 0 Å². The summed E-state index contributed by atoms with van der Waals surface area (Å²) in [5.41, 5.74) is 1.15. The molecule has 0 atom stereocenters. The minimum absolute atomic E-state index is 0.443. The molecule has 0 unspecified atom stereocenters. The summed E-state index contributed by atoms with van der Waals surface area (Å²) in [5.74, 6) is 2.71. The van der Waals surface area contributed by atoms with Gasteiger partial charge in [-0.3, -0.25) is 0 Å². The Hall–Kier alpha value is -2.26. The molecule has 3 nitrogen and oxygen atoms in total. The van der Waals surface area contributed by atoms with Gasteiger partial charge in [0, 0.05) is 5.39 Å². The highest BCUT2D eigenvalue weighted by Crippen LogP contribution is 2.26. The number of furan rings is 1. The minimum Gasteiger partial charge on any atom is -0.485 e. The molecule has 2 aromatic carbocycles. The van der Waals surface area contributed by atoms with Gasteiger partial charge in [0.05, 0.1) is 6.54 Å². The van der Waals surface area contributed by atoms with E-state index in [4.69, 9.17) is 9.15 Å². The van der Waals surface area contributed by atoms with E-state index in [2.05, 4.69) is 30.4 Å². The summed E-state index contributed by atoms with van der Waals surface area (Å²) in [7, 11) is 1.91. The molecule has 0 spiro atoms. The molecular weight excluding hydrogens is 262 g/mol. The van der Waals surface area contributed by atoms with Gasteiger partial charge in [0.1, 0.15) is 23.9 Å². The zero-order valence-corrected chi connectivity index (χ0v) is 12.3. The van der Waals surface area contributed by atoms with Crippen molar-refractivity contribution in [2.45, 2.75) is 20.1 Å².